The maximum Gasteiger partial charge on any atom is 0.338 e. The summed E-state index contributed by atoms with van der Waals surface area (Å²) >= 11 is 0. The molecule has 0 unspecified atom stereocenters. The Kier molecular flexibility index (Phi) is 3.64. The Morgan fingerprint density at radius 1 is 1.18 bits per heavy atom. The van der Waals surface area contributed by atoms with Crippen LogP contribution in [0.5, 0.6) is 0 Å². The Hall–Kier alpha value is -2.30. The predicted octanol–water partition coefficient (Wildman–Crippen LogP) is 2.50. The molecule has 0 aliphatic heterocycles. The quantitative estimate of drug-likeness (QED) is 0.817. The van der Waals surface area contributed by atoms with Gasteiger partial charge in [-0.15, -0.1) is 0 Å². The lowest BCUT2D eigenvalue weighted by Gasteiger charge is -2.13. The lowest BCUT2D eigenvalue weighted by atomic mass is 9.99. The number of carbonyl (C=O) groups excluding carboxylic acids is 1. The van der Waals surface area contributed by atoms with E-state index in [1.54, 1.807) is 11.8 Å². The van der Waals surface area contributed by atoms with Crippen LogP contribution in [0.1, 0.15) is 39.3 Å². The van der Waals surface area contributed by atoms with E-state index in [0.29, 0.717) is 5.56 Å². The summed E-state index contributed by atoms with van der Waals surface area (Å²) in [6.45, 7) is 3.93. The monoisotopic (exact) mass is 300 g/mol. The number of hydrogen-bond donors (Lipinski definition) is 0. The first-order valence-electron chi connectivity index (χ1n) is 7.41. The normalized spacial score (nSPS) is 13.1. The molecule has 1 heterocycles. The average molecular weight is 300 g/mol. The van der Waals surface area contributed by atoms with Gasteiger partial charge in [-0.1, -0.05) is 6.07 Å². The van der Waals surface area contributed by atoms with Crippen molar-refractivity contribution >= 4 is 5.97 Å². The van der Waals surface area contributed by atoms with Gasteiger partial charge in [0.2, 0.25) is 0 Å². The molecule has 0 amide bonds. The van der Waals surface area contributed by atoms with Gasteiger partial charge >= 0.3 is 5.97 Å². The van der Waals surface area contributed by atoms with E-state index in [-0.39, 0.29) is 5.97 Å². The number of esters is 1. The van der Waals surface area contributed by atoms with Crippen molar-refractivity contribution in [3.63, 3.8) is 0 Å². The standard InChI is InChI=1S/C17H20N2O3/c1-10-8-11(2)13(17(20)21-3)9-12(10)16-18-14-6-5-7-15(14)19(16)22-4/h8-9H,5-7H2,1-4H3. The van der Waals surface area contributed by atoms with Crippen LogP contribution >= 0.6 is 0 Å². The van der Waals surface area contributed by atoms with Crippen LogP contribution in [-0.2, 0) is 17.6 Å². The molecular weight excluding hydrogens is 280 g/mol. The molecule has 1 aromatic heterocycles. The molecule has 3 rings (SSSR count). The molecule has 0 bridgehead atoms. The van der Waals surface area contributed by atoms with Crippen molar-refractivity contribution in [3.8, 4) is 11.4 Å². The second-order valence-electron chi connectivity index (χ2n) is 5.63. The van der Waals surface area contributed by atoms with E-state index in [2.05, 4.69) is 0 Å². The van der Waals surface area contributed by atoms with Crippen LogP contribution < -0.4 is 4.84 Å². The molecule has 5 heteroatoms. The van der Waals surface area contributed by atoms with Gasteiger partial charge < -0.3 is 9.57 Å². The molecule has 0 saturated carbocycles. The first-order valence-corrected chi connectivity index (χ1v) is 7.41. The first kappa shape index (κ1) is 14.6. The maximum absolute atomic E-state index is 11.9. The molecule has 2 aromatic rings. The van der Waals surface area contributed by atoms with Crippen molar-refractivity contribution in [3.05, 3.63) is 40.2 Å². The molecular formula is C17H20N2O3. The Labute approximate surface area is 129 Å². The highest BCUT2D eigenvalue weighted by Crippen LogP contribution is 2.31. The molecule has 0 saturated heterocycles. The number of benzene rings is 1. The SMILES string of the molecule is COC(=O)c1cc(-c2nc3c(n2OC)CCC3)c(C)cc1C. The van der Waals surface area contributed by atoms with E-state index in [1.807, 2.05) is 26.0 Å². The highest BCUT2D eigenvalue weighted by atomic mass is 16.6. The van der Waals surface area contributed by atoms with Gasteiger partial charge in [-0.25, -0.2) is 9.78 Å². The van der Waals surface area contributed by atoms with E-state index in [4.69, 9.17) is 14.6 Å². The average Bonchev–Trinajstić information content (AvgIpc) is 3.06. The third kappa shape index (κ3) is 2.17. The maximum atomic E-state index is 11.9. The van der Waals surface area contributed by atoms with Gasteiger partial charge in [0.1, 0.15) is 7.11 Å². The van der Waals surface area contributed by atoms with Crippen molar-refractivity contribution in [1.29, 1.82) is 0 Å². The molecule has 5 nitrogen and oxygen atoms in total. The summed E-state index contributed by atoms with van der Waals surface area (Å²) in [6, 6.07) is 3.84. The van der Waals surface area contributed by atoms with Gasteiger partial charge in [-0.05, 0) is 50.3 Å². The molecule has 0 spiro atoms. The molecule has 1 aliphatic rings. The van der Waals surface area contributed by atoms with Crippen LogP contribution in [0.2, 0.25) is 0 Å². The minimum atomic E-state index is -0.332. The largest absolute Gasteiger partial charge is 0.465 e. The Morgan fingerprint density at radius 2 is 1.95 bits per heavy atom. The van der Waals surface area contributed by atoms with Gasteiger partial charge in [-0.2, -0.15) is 4.73 Å². The molecule has 1 aromatic carbocycles. The second kappa shape index (κ2) is 5.48. The van der Waals surface area contributed by atoms with E-state index < -0.39 is 0 Å². The van der Waals surface area contributed by atoms with Crippen molar-refractivity contribution in [2.24, 2.45) is 0 Å². The van der Waals surface area contributed by atoms with Crippen LogP contribution in [0.25, 0.3) is 11.4 Å². The highest BCUT2D eigenvalue weighted by molar-refractivity contribution is 5.92. The Morgan fingerprint density at radius 3 is 2.64 bits per heavy atom. The zero-order chi connectivity index (χ0) is 15.9. The summed E-state index contributed by atoms with van der Waals surface area (Å²) in [5, 5.41) is 0. The zero-order valence-electron chi connectivity index (χ0n) is 13.4. The first-order chi connectivity index (χ1) is 10.6. The summed E-state index contributed by atoms with van der Waals surface area (Å²) in [5.74, 6) is 0.427. The van der Waals surface area contributed by atoms with Crippen molar-refractivity contribution < 1.29 is 14.4 Å². The summed E-state index contributed by atoms with van der Waals surface area (Å²) in [6.07, 6.45) is 3.07. The lowest BCUT2D eigenvalue weighted by molar-refractivity contribution is 0.0600. The number of aryl methyl sites for hydroxylation is 3. The number of methoxy groups -OCH3 is 1. The smallest absolute Gasteiger partial charge is 0.338 e. The number of ether oxygens (including phenoxy) is 1. The number of rotatable bonds is 3. The number of carbonyl (C=O) groups is 1. The van der Waals surface area contributed by atoms with Gasteiger partial charge in [0.25, 0.3) is 0 Å². The van der Waals surface area contributed by atoms with E-state index in [0.717, 1.165) is 53.2 Å². The summed E-state index contributed by atoms with van der Waals surface area (Å²) < 4.78 is 6.66. The third-order valence-corrected chi connectivity index (χ3v) is 4.24. The number of imidazole rings is 1. The van der Waals surface area contributed by atoms with Gasteiger partial charge in [0.15, 0.2) is 5.82 Å². The molecule has 0 N–H and O–H groups in total. The predicted molar refractivity (Wildman–Crippen MR) is 83.0 cm³/mol. The van der Waals surface area contributed by atoms with Crippen LogP contribution in [-0.4, -0.2) is 29.9 Å². The van der Waals surface area contributed by atoms with Gasteiger partial charge in [-0.3, -0.25) is 0 Å². The fraction of sp³-hybridized carbons (Fsp3) is 0.412. The van der Waals surface area contributed by atoms with E-state index in [1.165, 1.54) is 7.11 Å². The summed E-state index contributed by atoms with van der Waals surface area (Å²) in [4.78, 5) is 22.2. The second-order valence-corrected chi connectivity index (χ2v) is 5.63. The van der Waals surface area contributed by atoms with Crippen molar-refractivity contribution in [2.45, 2.75) is 33.1 Å². The minimum absolute atomic E-state index is 0.332. The van der Waals surface area contributed by atoms with Gasteiger partial charge in [0.05, 0.1) is 24.1 Å². The molecule has 0 fully saturated rings. The molecule has 22 heavy (non-hydrogen) atoms. The number of hydrogen-bond acceptors (Lipinski definition) is 4. The number of nitrogens with zero attached hydrogens (tertiary/aromatic N) is 2. The zero-order valence-corrected chi connectivity index (χ0v) is 13.4. The van der Waals surface area contributed by atoms with Crippen molar-refractivity contribution in [1.82, 2.24) is 9.71 Å². The Bertz CT molecular complexity index is 747. The summed E-state index contributed by atoms with van der Waals surface area (Å²) in [5.41, 5.74) is 5.66. The van der Waals surface area contributed by atoms with Crippen LogP contribution in [0.15, 0.2) is 12.1 Å². The van der Waals surface area contributed by atoms with Gasteiger partial charge in [0, 0.05) is 5.56 Å². The number of fused-ring (bicyclic) bond motifs is 1. The topological polar surface area (TPSA) is 53.3 Å². The Balaban J connectivity index is 2.18. The third-order valence-electron chi connectivity index (χ3n) is 4.24. The van der Waals surface area contributed by atoms with E-state index in [9.17, 15) is 4.79 Å². The molecule has 1 aliphatic carbocycles. The van der Waals surface area contributed by atoms with Crippen LogP contribution in [0.3, 0.4) is 0 Å². The van der Waals surface area contributed by atoms with Crippen LogP contribution in [0.4, 0.5) is 0 Å². The van der Waals surface area contributed by atoms with E-state index >= 15 is 0 Å². The van der Waals surface area contributed by atoms with Crippen LogP contribution in [0, 0.1) is 13.8 Å². The minimum Gasteiger partial charge on any atom is -0.465 e. The van der Waals surface area contributed by atoms with Crippen molar-refractivity contribution in [2.75, 3.05) is 14.2 Å². The highest BCUT2D eigenvalue weighted by Gasteiger charge is 2.25. The fourth-order valence-electron chi connectivity index (χ4n) is 3.14. The number of aromatic nitrogens is 2. The summed E-state index contributed by atoms with van der Waals surface area (Å²) in [7, 11) is 3.04. The lowest BCUT2D eigenvalue weighted by Crippen LogP contribution is -2.12. The fourth-order valence-corrected chi connectivity index (χ4v) is 3.14. The molecule has 116 valence electrons. The molecule has 0 atom stereocenters. The molecule has 0 radical (unpaired) electrons.